The molecule has 2 heterocycles. The van der Waals surface area contributed by atoms with Gasteiger partial charge in [-0.1, -0.05) is 48.0 Å². The number of carbonyl (C=O) groups is 3. The Morgan fingerprint density at radius 1 is 0.962 bits per heavy atom. The molecule has 0 saturated carbocycles. The van der Waals surface area contributed by atoms with Crippen molar-refractivity contribution in [3.63, 3.8) is 0 Å². The predicted molar refractivity (Wildman–Crippen MR) is 194 cm³/mol. The highest BCUT2D eigenvalue weighted by Gasteiger charge is 2.29. The van der Waals surface area contributed by atoms with Gasteiger partial charge in [0.05, 0.1) is 38.0 Å². The lowest BCUT2D eigenvalue weighted by atomic mass is 10.0. The van der Waals surface area contributed by atoms with Crippen molar-refractivity contribution < 1.29 is 36.3 Å². The van der Waals surface area contributed by atoms with E-state index in [-0.39, 0.29) is 44.3 Å². The van der Waals surface area contributed by atoms with Crippen LogP contribution in [-0.2, 0) is 14.9 Å². The van der Waals surface area contributed by atoms with Crippen molar-refractivity contribution in [3.8, 4) is 11.8 Å². The van der Waals surface area contributed by atoms with Crippen LogP contribution >= 0.6 is 23.2 Å². The summed E-state index contributed by atoms with van der Waals surface area (Å²) >= 11 is 12.6. The van der Waals surface area contributed by atoms with E-state index in [0.29, 0.717) is 11.1 Å². The molecule has 0 atom stereocenters. The average Bonchev–Trinajstić information content (AvgIpc) is 3.46. The Morgan fingerprint density at radius 3 is 2.21 bits per heavy atom. The molecule has 15 heteroatoms. The molecule has 5 aromatic rings. The molecule has 10 nitrogen and oxygen atoms in total. The van der Waals surface area contributed by atoms with Crippen molar-refractivity contribution in [2.24, 2.45) is 0 Å². The zero-order valence-corrected chi connectivity index (χ0v) is 30.7. The summed E-state index contributed by atoms with van der Waals surface area (Å²) in [5.41, 5.74) is -1.88. The van der Waals surface area contributed by atoms with Crippen LogP contribution in [0.15, 0.2) is 73.1 Å². The van der Waals surface area contributed by atoms with Crippen molar-refractivity contribution >= 4 is 67.8 Å². The van der Waals surface area contributed by atoms with Gasteiger partial charge in [0, 0.05) is 42.5 Å². The van der Waals surface area contributed by atoms with Crippen LogP contribution in [0.4, 0.5) is 14.5 Å². The van der Waals surface area contributed by atoms with Crippen LogP contribution in [0.3, 0.4) is 0 Å². The molecule has 0 aliphatic rings. The standard InChI is InChI=1S/C37H30Cl2F2N4O6S/c1-6-44(5)52(49,50)43-29-17-16-28(40)31(32(29)41)33(46)25-20-45(35(47)30-26(38)8-7-9-27(30)39)34-24(25)18-22(19-42-34)11-10-21-12-14-23(15-13-21)36(48)51-37(2,3)4/h7-9,12-20,43H,6H2,1-5H3. The molecule has 0 aliphatic carbocycles. The first-order valence-corrected chi connectivity index (χ1v) is 17.7. The highest BCUT2D eigenvalue weighted by Crippen LogP contribution is 2.32. The third-order valence-electron chi connectivity index (χ3n) is 7.57. The van der Waals surface area contributed by atoms with E-state index in [4.69, 9.17) is 27.9 Å². The van der Waals surface area contributed by atoms with Gasteiger partial charge in [-0.3, -0.25) is 18.9 Å². The monoisotopic (exact) mass is 766 g/mol. The number of nitrogens with zero attached hydrogens (tertiary/aromatic N) is 3. The van der Waals surface area contributed by atoms with Crippen LogP contribution < -0.4 is 4.72 Å². The first-order valence-electron chi connectivity index (χ1n) is 15.5. The van der Waals surface area contributed by atoms with E-state index in [1.807, 2.05) is 4.72 Å². The third-order valence-corrected chi connectivity index (χ3v) is 9.75. The maximum Gasteiger partial charge on any atom is 0.338 e. The topological polar surface area (TPSA) is 128 Å². The van der Waals surface area contributed by atoms with E-state index in [0.717, 1.165) is 27.2 Å². The summed E-state index contributed by atoms with van der Waals surface area (Å²) in [5.74, 6) is 0.566. The minimum absolute atomic E-state index is 0.00141. The number of aromatic nitrogens is 2. The molecule has 0 fully saturated rings. The largest absolute Gasteiger partial charge is 0.456 e. The molecule has 52 heavy (non-hydrogen) atoms. The highest BCUT2D eigenvalue weighted by atomic mass is 35.5. The van der Waals surface area contributed by atoms with Crippen LogP contribution in [-0.4, -0.2) is 59.1 Å². The van der Waals surface area contributed by atoms with Crippen LogP contribution in [0.25, 0.3) is 11.0 Å². The minimum Gasteiger partial charge on any atom is -0.456 e. The van der Waals surface area contributed by atoms with E-state index in [9.17, 15) is 22.8 Å². The predicted octanol–water partition coefficient (Wildman–Crippen LogP) is 7.50. The molecule has 0 saturated heterocycles. The number of ether oxygens (including phenoxy) is 1. The molecule has 0 amide bonds. The van der Waals surface area contributed by atoms with Gasteiger partial charge in [0.15, 0.2) is 5.82 Å². The Labute approximate surface area is 308 Å². The lowest BCUT2D eigenvalue weighted by Crippen LogP contribution is -2.32. The van der Waals surface area contributed by atoms with Gasteiger partial charge in [-0.25, -0.2) is 18.6 Å². The van der Waals surface area contributed by atoms with E-state index >= 15 is 8.78 Å². The Bertz CT molecular complexity index is 2410. The first-order chi connectivity index (χ1) is 24.4. The Hall–Kier alpha value is -5.13. The smallest absolute Gasteiger partial charge is 0.338 e. The van der Waals surface area contributed by atoms with Gasteiger partial charge in [0.2, 0.25) is 5.78 Å². The van der Waals surface area contributed by atoms with E-state index in [1.54, 1.807) is 52.0 Å². The summed E-state index contributed by atoms with van der Waals surface area (Å²) < 4.78 is 65.7. The second-order valence-corrected chi connectivity index (χ2v) is 15.0. The molecule has 0 unspecified atom stereocenters. The quantitative estimate of drug-likeness (QED) is 0.0984. The fourth-order valence-electron chi connectivity index (χ4n) is 4.87. The molecule has 0 aliphatic heterocycles. The number of carbonyl (C=O) groups excluding carboxylic acids is 3. The van der Waals surface area contributed by atoms with Gasteiger partial charge >= 0.3 is 16.2 Å². The van der Waals surface area contributed by atoms with Crippen molar-refractivity contribution in [1.29, 1.82) is 0 Å². The van der Waals surface area contributed by atoms with Crippen molar-refractivity contribution in [2.45, 2.75) is 33.3 Å². The minimum atomic E-state index is -4.25. The molecular formula is C37H30Cl2F2N4O6S. The molecule has 0 bridgehead atoms. The summed E-state index contributed by atoms with van der Waals surface area (Å²) in [4.78, 5) is 44.6. The molecule has 0 radical (unpaired) electrons. The number of nitrogens with one attached hydrogen (secondary N) is 1. The summed E-state index contributed by atoms with van der Waals surface area (Å²) in [7, 11) is -3.00. The number of hydrogen-bond donors (Lipinski definition) is 1. The molecule has 268 valence electrons. The maximum atomic E-state index is 15.9. The number of pyridine rings is 1. The first kappa shape index (κ1) is 38.1. The lowest BCUT2D eigenvalue weighted by molar-refractivity contribution is 0.00692. The van der Waals surface area contributed by atoms with Crippen LogP contribution in [0.5, 0.6) is 0 Å². The van der Waals surface area contributed by atoms with E-state index in [2.05, 4.69) is 16.8 Å². The molecule has 0 spiro atoms. The summed E-state index contributed by atoms with van der Waals surface area (Å²) in [6.45, 7) is 6.86. The lowest BCUT2D eigenvalue weighted by Gasteiger charge is -2.19. The van der Waals surface area contributed by atoms with Crippen LogP contribution in [0, 0.1) is 23.5 Å². The number of ketones is 1. The van der Waals surface area contributed by atoms with Gasteiger partial charge in [-0.05, 0) is 75.4 Å². The Morgan fingerprint density at radius 2 is 1.60 bits per heavy atom. The zero-order valence-electron chi connectivity index (χ0n) is 28.3. The van der Waals surface area contributed by atoms with Crippen molar-refractivity contribution in [3.05, 3.63) is 128 Å². The fourth-order valence-corrected chi connectivity index (χ4v) is 6.36. The van der Waals surface area contributed by atoms with Gasteiger partial charge in [-0.2, -0.15) is 12.7 Å². The summed E-state index contributed by atoms with van der Waals surface area (Å²) in [6, 6.07) is 13.7. The van der Waals surface area contributed by atoms with Gasteiger partial charge in [0.25, 0.3) is 5.91 Å². The number of rotatable bonds is 8. The summed E-state index contributed by atoms with van der Waals surface area (Å²) in [6.07, 6.45) is 2.38. The van der Waals surface area contributed by atoms with Crippen LogP contribution in [0.2, 0.25) is 10.0 Å². The number of esters is 1. The number of halogens is 4. The number of hydrogen-bond acceptors (Lipinski definition) is 7. The highest BCUT2D eigenvalue weighted by molar-refractivity contribution is 7.90. The second-order valence-electron chi connectivity index (χ2n) is 12.4. The molecule has 3 aromatic carbocycles. The number of benzene rings is 3. The Kier molecular flexibility index (Phi) is 10.9. The van der Waals surface area contributed by atoms with E-state index < -0.39 is 56.4 Å². The number of anilines is 1. The molecule has 2 aromatic heterocycles. The third kappa shape index (κ3) is 8.00. The normalized spacial score (nSPS) is 11.7. The molecule has 1 N–H and O–H groups in total. The van der Waals surface area contributed by atoms with Crippen molar-refractivity contribution in [2.75, 3.05) is 18.3 Å². The van der Waals surface area contributed by atoms with Gasteiger partial charge in [-0.15, -0.1) is 0 Å². The van der Waals surface area contributed by atoms with Gasteiger partial charge in [0.1, 0.15) is 17.1 Å². The SMILES string of the molecule is CCN(C)S(=O)(=O)Nc1ccc(F)c(C(=O)c2cn(C(=O)c3c(Cl)cccc3Cl)c3ncc(C#Cc4ccc(C(=O)OC(C)(C)C)cc4)cc23)c1F. The number of fused-ring (bicyclic) bond motifs is 1. The zero-order chi connectivity index (χ0) is 38.1. The molecule has 5 rings (SSSR count). The average molecular weight is 768 g/mol. The van der Waals surface area contributed by atoms with E-state index in [1.165, 1.54) is 37.5 Å². The molecular weight excluding hydrogens is 737 g/mol. The summed E-state index contributed by atoms with van der Waals surface area (Å²) in [5, 5.41) is -0.00728. The van der Waals surface area contributed by atoms with Crippen molar-refractivity contribution in [1.82, 2.24) is 13.9 Å². The van der Waals surface area contributed by atoms with Gasteiger partial charge < -0.3 is 4.74 Å². The second kappa shape index (κ2) is 14.8. The maximum absolute atomic E-state index is 15.9. The van der Waals surface area contributed by atoms with Crippen LogP contribution in [0.1, 0.15) is 75.5 Å². The Balaban J connectivity index is 1.62. The fraction of sp³-hybridized carbons (Fsp3) is 0.189.